The van der Waals surface area contributed by atoms with Gasteiger partial charge in [-0.2, -0.15) is 5.10 Å². The second kappa shape index (κ2) is 7.29. The van der Waals surface area contributed by atoms with Crippen LogP contribution in [0.1, 0.15) is 5.56 Å². The molecule has 1 aliphatic heterocycles. The molecule has 1 aromatic rings. The van der Waals surface area contributed by atoms with Crippen LogP contribution in [-0.2, 0) is 14.3 Å². The number of aromatic hydroxyl groups is 2. The Balaban J connectivity index is 2.13. The summed E-state index contributed by atoms with van der Waals surface area (Å²) < 4.78 is 4.78. The first-order valence-electron chi connectivity index (χ1n) is 6.02. The van der Waals surface area contributed by atoms with Crippen LogP contribution in [0.4, 0.5) is 0 Å². The van der Waals surface area contributed by atoms with Crippen LogP contribution in [0.3, 0.4) is 0 Å². The number of phenolic OH excluding ortho intramolecular Hbond substituents is 2. The first kappa shape index (κ1) is 17.0. The van der Waals surface area contributed by atoms with E-state index in [9.17, 15) is 19.8 Å². The number of hydrogen-bond acceptors (Lipinski definition) is 8. The van der Waals surface area contributed by atoms with E-state index < -0.39 is 11.9 Å². The lowest BCUT2D eigenvalue weighted by molar-refractivity contribution is -0.135. The van der Waals surface area contributed by atoms with Gasteiger partial charge in [-0.3, -0.25) is 10.1 Å². The molecule has 0 saturated carbocycles. The monoisotopic (exact) mass is 399 g/mol. The fourth-order valence-electron chi connectivity index (χ4n) is 1.46. The van der Waals surface area contributed by atoms with Gasteiger partial charge in [0.05, 0.1) is 22.7 Å². The zero-order chi connectivity index (χ0) is 17.0. The van der Waals surface area contributed by atoms with Gasteiger partial charge in [0.1, 0.15) is 0 Å². The number of amides is 1. The molecule has 0 spiro atoms. The molecule has 1 amide bonds. The Morgan fingerprint density at radius 2 is 2.13 bits per heavy atom. The average molecular weight is 400 g/mol. The minimum absolute atomic E-state index is 0.134. The molecule has 23 heavy (non-hydrogen) atoms. The summed E-state index contributed by atoms with van der Waals surface area (Å²) >= 11 is 3.99. The molecule has 0 aliphatic carbocycles. The van der Waals surface area contributed by atoms with Gasteiger partial charge in [0, 0.05) is 11.6 Å². The number of carbonyl (C=O) groups is 2. The van der Waals surface area contributed by atoms with E-state index in [1.165, 1.54) is 25.5 Å². The Hall–Kier alpha value is -2.33. The maximum Gasteiger partial charge on any atom is 0.331 e. The van der Waals surface area contributed by atoms with Gasteiger partial charge in [-0.05, 0) is 39.8 Å². The molecule has 0 bridgehead atoms. The summed E-state index contributed by atoms with van der Waals surface area (Å²) in [5.41, 5.74) is 0.245. The number of ether oxygens (including phenoxy) is 1. The minimum Gasteiger partial charge on any atom is -0.504 e. The van der Waals surface area contributed by atoms with Crippen molar-refractivity contribution in [2.45, 2.75) is 0 Å². The number of methoxy groups -OCH3 is 1. The second-order valence-corrected chi connectivity index (χ2v) is 5.96. The number of carbonyl (C=O) groups excluding carboxylic acids is 2. The van der Waals surface area contributed by atoms with Gasteiger partial charge in [-0.1, -0.05) is 0 Å². The van der Waals surface area contributed by atoms with E-state index in [4.69, 9.17) is 0 Å². The van der Waals surface area contributed by atoms with Crippen molar-refractivity contribution in [3.05, 3.63) is 33.2 Å². The normalized spacial score (nSPS) is 17.9. The number of amidine groups is 1. The number of hydrogen-bond donors (Lipinski definition) is 3. The topological polar surface area (TPSA) is 121 Å². The highest BCUT2D eigenvalue weighted by molar-refractivity contribution is 9.10. The van der Waals surface area contributed by atoms with Crippen molar-refractivity contribution >= 4 is 51.0 Å². The number of rotatable bonds is 3. The van der Waals surface area contributed by atoms with Crippen molar-refractivity contribution < 1.29 is 24.5 Å². The molecule has 8 nitrogen and oxygen atoms in total. The molecule has 0 aromatic heterocycles. The van der Waals surface area contributed by atoms with E-state index in [0.717, 1.165) is 17.8 Å². The van der Waals surface area contributed by atoms with E-state index in [0.29, 0.717) is 4.47 Å². The van der Waals surface area contributed by atoms with Crippen LogP contribution in [0, 0.1) is 0 Å². The van der Waals surface area contributed by atoms with E-state index >= 15 is 0 Å². The van der Waals surface area contributed by atoms with Crippen LogP contribution in [0.5, 0.6) is 11.5 Å². The Morgan fingerprint density at radius 3 is 2.83 bits per heavy atom. The number of thioether (sulfide) groups is 1. The first-order valence-corrected chi connectivity index (χ1v) is 7.63. The van der Waals surface area contributed by atoms with Crippen LogP contribution >= 0.6 is 27.7 Å². The highest BCUT2D eigenvalue weighted by Crippen LogP contribution is 2.35. The van der Waals surface area contributed by atoms with Gasteiger partial charge in [0.25, 0.3) is 5.91 Å². The second-order valence-electron chi connectivity index (χ2n) is 4.07. The van der Waals surface area contributed by atoms with Crippen molar-refractivity contribution in [3.63, 3.8) is 0 Å². The summed E-state index contributed by atoms with van der Waals surface area (Å²) in [6.45, 7) is 0. The summed E-state index contributed by atoms with van der Waals surface area (Å²) in [4.78, 5) is 22.8. The number of halogens is 1. The van der Waals surface area contributed by atoms with Crippen LogP contribution in [-0.4, -0.2) is 40.6 Å². The van der Waals surface area contributed by atoms with Crippen LogP contribution < -0.4 is 5.32 Å². The van der Waals surface area contributed by atoms with Crippen molar-refractivity contribution in [1.29, 1.82) is 0 Å². The van der Waals surface area contributed by atoms with Gasteiger partial charge >= 0.3 is 5.97 Å². The van der Waals surface area contributed by atoms with E-state index in [2.05, 4.69) is 36.2 Å². The fraction of sp³-hybridized carbons (Fsp3) is 0.0769. The van der Waals surface area contributed by atoms with E-state index in [-0.39, 0.29) is 27.1 Å². The molecule has 1 saturated heterocycles. The van der Waals surface area contributed by atoms with Gasteiger partial charge in [0.15, 0.2) is 16.7 Å². The highest BCUT2D eigenvalue weighted by atomic mass is 79.9. The number of benzene rings is 1. The minimum atomic E-state index is -0.650. The molecule has 1 heterocycles. The molecule has 10 heteroatoms. The Kier molecular flexibility index (Phi) is 5.40. The van der Waals surface area contributed by atoms with Crippen molar-refractivity contribution in [2.75, 3.05) is 7.11 Å². The predicted octanol–water partition coefficient (Wildman–Crippen LogP) is 1.47. The average Bonchev–Trinajstić information content (AvgIpc) is 2.87. The Morgan fingerprint density at radius 1 is 1.39 bits per heavy atom. The highest BCUT2D eigenvalue weighted by Gasteiger charge is 2.25. The third kappa shape index (κ3) is 4.11. The number of phenols is 2. The summed E-state index contributed by atoms with van der Waals surface area (Å²) in [6, 6.07) is 3.05. The van der Waals surface area contributed by atoms with Crippen molar-refractivity contribution in [3.8, 4) is 11.5 Å². The van der Waals surface area contributed by atoms with E-state index in [1.54, 1.807) is 0 Å². The summed E-state index contributed by atoms with van der Waals surface area (Å²) in [5.74, 6) is -1.80. The molecule has 1 fully saturated rings. The molecule has 120 valence electrons. The van der Waals surface area contributed by atoms with Gasteiger partial charge in [-0.25, -0.2) is 4.79 Å². The van der Waals surface area contributed by atoms with E-state index in [1.807, 2.05) is 0 Å². The molecule has 2 rings (SSSR count). The number of nitrogens with one attached hydrogen (secondary N) is 1. The largest absolute Gasteiger partial charge is 0.504 e. The maximum absolute atomic E-state index is 11.6. The Labute approximate surface area is 143 Å². The van der Waals surface area contributed by atoms with Crippen LogP contribution in [0.25, 0.3) is 0 Å². The van der Waals surface area contributed by atoms with Gasteiger partial charge in [0.2, 0.25) is 0 Å². The molecule has 0 unspecified atom stereocenters. The molecule has 0 atom stereocenters. The first-order chi connectivity index (χ1) is 10.9. The van der Waals surface area contributed by atoms with Crippen LogP contribution in [0.2, 0.25) is 0 Å². The quantitative estimate of drug-likeness (QED) is 0.232. The van der Waals surface area contributed by atoms with Crippen LogP contribution in [0.15, 0.2) is 37.8 Å². The van der Waals surface area contributed by atoms with Crippen molar-refractivity contribution in [1.82, 2.24) is 5.32 Å². The SMILES string of the molecule is COC(=O)/C=C1/S/C(=N\N=Cc2ccc(Br)c(O)c2O)NC1=O. The maximum atomic E-state index is 11.6. The summed E-state index contributed by atoms with van der Waals surface area (Å²) in [5, 5.41) is 29.4. The molecular weight excluding hydrogens is 390 g/mol. The molecule has 1 aliphatic rings. The smallest absolute Gasteiger partial charge is 0.331 e. The number of esters is 1. The van der Waals surface area contributed by atoms with Gasteiger partial charge in [-0.15, -0.1) is 5.10 Å². The lowest BCUT2D eigenvalue weighted by atomic mass is 10.2. The summed E-state index contributed by atoms with van der Waals surface area (Å²) in [6.07, 6.45) is 2.26. The number of nitrogens with zero attached hydrogens (tertiary/aromatic N) is 2. The molecular formula is C13H10BrN3O5S. The molecule has 1 aromatic carbocycles. The fourth-order valence-corrected chi connectivity index (χ4v) is 2.52. The lowest BCUT2D eigenvalue weighted by Gasteiger charge is -2.02. The Bertz CT molecular complexity index is 760. The molecule has 3 N–H and O–H groups in total. The van der Waals surface area contributed by atoms with Gasteiger partial charge < -0.3 is 14.9 Å². The lowest BCUT2D eigenvalue weighted by Crippen LogP contribution is -2.19. The summed E-state index contributed by atoms with van der Waals surface area (Å²) in [7, 11) is 1.20. The van der Waals surface area contributed by atoms with Crippen molar-refractivity contribution in [2.24, 2.45) is 10.2 Å². The standard InChI is InChI=1S/C13H10BrN3O5S/c1-22-9(18)4-8-12(21)16-13(23-8)17-15-5-6-2-3-7(14)11(20)10(6)19/h2-5,19-20H,1H3,(H,16,17,21)/b8-4+,15-5?. The zero-order valence-electron chi connectivity index (χ0n) is 11.6. The zero-order valence-corrected chi connectivity index (χ0v) is 14.0. The third-order valence-corrected chi connectivity index (χ3v) is 4.12. The predicted molar refractivity (Wildman–Crippen MR) is 88.3 cm³/mol. The molecule has 0 radical (unpaired) electrons. The third-order valence-electron chi connectivity index (χ3n) is 2.58.